The molecular weight excluding hydrogens is 566 g/mol. The Hall–Kier alpha value is -4.64. The molecule has 0 amide bonds. The Bertz CT molecular complexity index is 1860. The smallest absolute Gasteiger partial charge is 0.306 e. The standard InChI is InChI=1S/C33H37N3O8/c1-18(37)42-31-28-24(44-33(2,3)32(31)43-26(40)12-11-25(38)39)17-22(34-13-14-35(4)5)27-29(28)36(6)23-16-20-10-8-7-9-19(20)15-21(23)30(27)41/h7-10,15-17,31-32,34H,11-14H2,1-6H3,(H,38,39)/t31-,32-/m1/s1. The predicted molar refractivity (Wildman–Crippen MR) is 167 cm³/mol. The number of nitrogens with one attached hydrogen (secondary N) is 1. The van der Waals surface area contributed by atoms with E-state index in [-0.39, 0.29) is 11.8 Å². The number of aromatic nitrogens is 1. The maximum absolute atomic E-state index is 14.4. The summed E-state index contributed by atoms with van der Waals surface area (Å²) in [6.07, 6.45) is -3.07. The molecule has 0 unspecified atom stereocenters. The lowest BCUT2D eigenvalue weighted by Gasteiger charge is -2.44. The number of hydrogen-bond donors (Lipinski definition) is 2. The zero-order valence-corrected chi connectivity index (χ0v) is 25.7. The minimum Gasteiger partial charge on any atom is -0.483 e. The summed E-state index contributed by atoms with van der Waals surface area (Å²) in [7, 11) is 5.75. The maximum Gasteiger partial charge on any atom is 0.306 e. The van der Waals surface area contributed by atoms with Crippen LogP contribution in [0.5, 0.6) is 5.75 Å². The van der Waals surface area contributed by atoms with Crippen LogP contribution in [0.2, 0.25) is 0 Å². The summed E-state index contributed by atoms with van der Waals surface area (Å²) in [5.74, 6) is -2.16. The number of nitrogens with zero attached hydrogens (tertiary/aromatic N) is 2. The highest BCUT2D eigenvalue weighted by atomic mass is 16.6. The molecule has 1 aliphatic heterocycles. The SMILES string of the molecule is CC(=O)O[C@@H]1c2c(cc(NCCN(C)C)c3c(=O)c4cc5ccccc5cc4n(C)c23)OC(C)(C)[C@@H]1OC(=O)CCC(=O)O. The predicted octanol–water partition coefficient (Wildman–Crippen LogP) is 4.37. The van der Waals surface area contributed by atoms with E-state index in [1.807, 2.05) is 67.0 Å². The third-order valence-electron chi connectivity index (χ3n) is 7.92. The number of fused-ring (bicyclic) bond motifs is 5. The molecular formula is C33H37N3O8. The van der Waals surface area contributed by atoms with Crippen molar-refractivity contribution in [3.05, 3.63) is 58.3 Å². The summed E-state index contributed by atoms with van der Waals surface area (Å²) in [5.41, 5.74) is 0.678. The first-order valence-corrected chi connectivity index (χ1v) is 14.5. The van der Waals surface area contributed by atoms with E-state index in [0.29, 0.717) is 51.9 Å². The number of likely N-dealkylation sites (N-methyl/N-ethyl adjacent to an activating group) is 1. The van der Waals surface area contributed by atoms with Gasteiger partial charge in [-0.1, -0.05) is 24.3 Å². The maximum atomic E-state index is 14.4. The second-order valence-corrected chi connectivity index (χ2v) is 11.9. The van der Waals surface area contributed by atoms with Crippen molar-refractivity contribution in [2.45, 2.75) is 51.4 Å². The number of aryl methyl sites for hydroxylation is 1. The summed E-state index contributed by atoms with van der Waals surface area (Å²) in [4.78, 5) is 52.9. The number of carbonyl (C=O) groups excluding carboxylic acids is 2. The molecule has 11 nitrogen and oxygen atoms in total. The van der Waals surface area contributed by atoms with Gasteiger partial charge in [-0.05, 0) is 50.8 Å². The van der Waals surface area contributed by atoms with Gasteiger partial charge in [0, 0.05) is 38.5 Å². The van der Waals surface area contributed by atoms with Gasteiger partial charge in [-0.15, -0.1) is 0 Å². The number of benzene rings is 3. The minimum atomic E-state index is -1.19. The molecule has 2 heterocycles. The average molecular weight is 604 g/mol. The number of ether oxygens (including phenoxy) is 3. The quantitative estimate of drug-likeness (QED) is 0.210. The number of carboxylic acids is 1. The van der Waals surface area contributed by atoms with Crippen LogP contribution < -0.4 is 15.5 Å². The lowest BCUT2D eigenvalue weighted by molar-refractivity contribution is -0.189. The fourth-order valence-electron chi connectivity index (χ4n) is 5.86. The van der Waals surface area contributed by atoms with Gasteiger partial charge >= 0.3 is 17.9 Å². The Labute approximate surface area is 254 Å². The van der Waals surface area contributed by atoms with Gasteiger partial charge in [0.15, 0.2) is 17.6 Å². The number of rotatable bonds is 9. The fraction of sp³-hybridized carbons (Fsp3) is 0.394. The van der Waals surface area contributed by atoms with Crippen LogP contribution in [0.4, 0.5) is 5.69 Å². The van der Waals surface area contributed by atoms with E-state index in [0.717, 1.165) is 10.8 Å². The van der Waals surface area contributed by atoms with Crippen molar-refractivity contribution in [2.24, 2.45) is 7.05 Å². The monoisotopic (exact) mass is 603 g/mol. The van der Waals surface area contributed by atoms with Gasteiger partial charge in [0.2, 0.25) is 0 Å². The van der Waals surface area contributed by atoms with Crippen LogP contribution in [0.15, 0.2) is 47.3 Å². The second-order valence-electron chi connectivity index (χ2n) is 11.9. The highest BCUT2D eigenvalue weighted by Gasteiger charge is 2.50. The van der Waals surface area contributed by atoms with Crippen LogP contribution in [0.3, 0.4) is 0 Å². The van der Waals surface area contributed by atoms with Crippen LogP contribution in [0.25, 0.3) is 32.6 Å². The van der Waals surface area contributed by atoms with Crippen molar-refractivity contribution >= 4 is 56.2 Å². The topological polar surface area (TPSA) is 136 Å². The molecule has 1 aromatic heterocycles. The van der Waals surface area contributed by atoms with Gasteiger partial charge in [0.25, 0.3) is 0 Å². The van der Waals surface area contributed by atoms with Gasteiger partial charge < -0.3 is 34.1 Å². The normalized spacial score (nSPS) is 17.3. The molecule has 0 spiro atoms. The largest absolute Gasteiger partial charge is 0.483 e. The molecule has 0 aliphatic carbocycles. The lowest BCUT2D eigenvalue weighted by Crippen LogP contribution is -2.52. The first kappa shape index (κ1) is 30.8. The Morgan fingerprint density at radius 2 is 1.75 bits per heavy atom. The van der Waals surface area contributed by atoms with E-state index in [1.165, 1.54) is 6.92 Å². The molecule has 0 saturated heterocycles. The number of anilines is 1. The molecule has 2 atom stereocenters. The number of esters is 2. The molecule has 44 heavy (non-hydrogen) atoms. The van der Waals surface area contributed by atoms with Gasteiger partial charge in [-0.25, -0.2) is 0 Å². The third kappa shape index (κ3) is 5.79. The molecule has 4 aromatic rings. The molecule has 5 rings (SSSR count). The van der Waals surface area contributed by atoms with E-state index >= 15 is 0 Å². The molecule has 0 saturated carbocycles. The Morgan fingerprint density at radius 1 is 1.07 bits per heavy atom. The first-order valence-electron chi connectivity index (χ1n) is 14.5. The molecule has 232 valence electrons. The zero-order chi connectivity index (χ0) is 31.9. The minimum absolute atomic E-state index is 0.213. The van der Waals surface area contributed by atoms with Crippen LogP contribution >= 0.6 is 0 Å². The summed E-state index contributed by atoms with van der Waals surface area (Å²) in [6.45, 7) is 5.91. The van der Waals surface area contributed by atoms with E-state index in [4.69, 9.17) is 19.3 Å². The van der Waals surface area contributed by atoms with E-state index in [2.05, 4.69) is 5.32 Å². The molecule has 3 aromatic carbocycles. The first-order chi connectivity index (χ1) is 20.8. The molecule has 11 heteroatoms. The Kier molecular flexibility index (Phi) is 8.26. The van der Waals surface area contributed by atoms with Crippen molar-refractivity contribution < 1.29 is 33.7 Å². The third-order valence-corrected chi connectivity index (χ3v) is 7.92. The molecule has 2 N–H and O–H groups in total. The number of aliphatic carboxylic acids is 1. The average Bonchev–Trinajstić information content (AvgIpc) is 2.94. The van der Waals surface area contributed by atoms with Gasteiger partial charge in [0.05, 0.1) is 40.5 Å². The Morgan fingerprint density at radius 3 is 2.39 bits per heavy atom. The van der Waals surface area contributed by atoms with Gasteiger partial charge in [0.1, 0.15) is 11.4 Å². The molecule has 0 fully saturated rings. The number of carbonyl (C=O) groups is 3. The summed E-state index contributed by atoms with van der Waals surface area (Å²) < 4.78 is 20.0. The van der Waals surface area contributed by atoms with E-state index < -0.39 is 42.1 Å². The fourth-order valence-corrected chi connectivity index (χ4v) is 5.86. The van der Waals surface area contributed by atoms with E-state index in [1.54, 1.807) is 19.9 Å². The van der Waals surface area contributed by atoms with Crippen molar-refractivity contribution in [3.8, 4) is 5.75 Å². The van der Waals surface area contributed by atoms with Crippen LogP contribution in [-0.4, -0.2) is 71.4 Å². The highest BCUT2D eigenvalue weighted by Crippen LogP contribution is 2.48. The lowest BCUT2D eigenvalue weighted by atomic mass is 9.86. The van der Waals surface area contributed by atoms with Crippen LogP contribution in [0, 0.1) is 0 Å². The van der Waals surface area contributed by atoms with Crippen molar-refractivity contribution in [1.29, 1.82) is 0 Å². The van der Waals surface area contributed by atoms with Crippen LogP contribution in [-0.2, 0) is 30.9 Å². The molecule has 0 bridgehead atoms. The summed E-state index contributed by atoms with van der Waals surface area (Å²) in [6, 6.07) is 13.3. The van der Waals surface area contributed by atoms with Crippen molar-refractivity contribution in [1.82, 2.24) is 9.47 Å². The van der Waals surface area contributed by atoms with Crippen molar-refractivity contribution in [2.75, 3.05) is 32.5 Å². The number of pyridine rings is 1. The summed E-state index contributed by atoms with van der Waals surface area (Å²) in [5, 5.41) is 15.3. The van der Waals surface area contributed by atoms with Crippen molar-refractivity contribution in [3.63, 3.8) is 0 Å². The summed E-state index contributed by atoms with van der Waals surface area (Å²) >= 11 is 0. The van der Waals surface area contributed by atoms with Crippen LogP contribution in [0.1, 0.15) is 45.3 Å². The highest BCUT2D eigenvalue weighted by molar-refractivity contribution is 6.06. The van der Waals surface area contributed by atoms with E-state index in [9.17, 15) is 19.2 Å². The number of hydrogen-bond acceptors (Lipinski definition) is 9. The zero-order valence-electron chi connectivity index (χ0n) is 25.7. The second kappa shape index (κ2) is 11.8. The van der Waals surface area contributed by atoms with Gasteiger partial charge in [-0.2, -0.15) is 0 Å². The molecule has 1 aliphatic rings. The molecule has 0 radical (unpaired) electrons. The van der Waals surface area contributed by atoms with Gasteiger partial charge in [-0.3, -0.25) is 19.2 Å². The Balaban J connectivity index is 1.82. The number of carboxylic acid groups (broad SMARTS) is 1.